The van der Waals surface area contributed by atoms with Gasteiger partial charge in [0.25, 0.3) is 11.2 Å². The van der Waals surface area contributed by atoms with Crippen LogP contribution in [0.5, 0.6) is 0 Å². The van der Waals surface area contributed by atoms with E-state index in [1.807, 2.05) is 0 Å². The lowest BCUT2D eigenvalue weighted by Crippen LogP contribution is -1.96. The van der Waals surface area contributed by atoms with Crippen LogP contribution in [-0.4, -0.2) is 15.1 Å². The molecule has 19 heavy (non-hydrogen) atoms. The SMILES string of the molecule is Cc1[nH][nH]c(=O)c1N=Nc1cccc([N+](=O)[O-])c1C. The molecule has 0 radical (unpaired) electrons. The molecule has 2 aromatic rings. The number of benzene rings is 1. The number of azo groups is 1. The summed E-state index contributed by atoms with van der Waals surface area (Å²) in [5.41, 5.74) is 1.05. The van der Waals surface area contributed by atoms with E-state index >= 15 is 0 Å². The van der Waals surface area contributed by atoms with Gasteiger partial charge in [0.1, 0.15) is 0 Å². The van der Waals surface area contributed by atoms with Gasteiger partial charge in [-0.1, -0.05) is 6.07 Å². The molecule has 2 N–H and O–H groups in total. The summed E-state index contributed by atoms with van der Waals surface area (Å²) < 4.78 is 0. The number of H-pyrrole nitrogens is 2. The van der Waals surface area contributed by atoms with Crippen LogP contribution in [0.25, 0.3) is 0 Å². The number of rotatable bonds is 3. The number of aromatic nitrogens is 2. The number of aromatic amines is 2. The monoisotopic (exact) mass is 261 g/mol. The lowest BCUT2D eigenvalue weighted by atomic mass is 10.1. The predicted octanol–water partition coefficient (Wildman–Crippen LogP) is 2.64. The van der Waals surface area contributed by atoms with Crippen molar-refractivity contribution in [3.63, 3.8) is 0 Å². The van der Waals surface area contributed by atoms with Crippen LogP contribution in [-0.2, 0) is 0 Å². The number of hydrogen-bond donors (Lipinski definition) is 2. The van der Waals surface area contributed by atoms with Crippen LogP contribution in [0.4, 0.5) is 17.1 Å². The Hall–Kier alpha value is -2.77. The molecule has 0 spiro atoms. The summed E-state index contributed by atoms with van der Waals surface area (Å²) in [5, 5.41) is 23.5. The molecule has 0 saturated heterocycles. The molecule has 1 aromatic carbocycles. The van der Waals surface area contributed by atoms with Gasteiger partial charge in [-0.15, -0.1) is 10.2 Å². The van der Waals surface area contributed by atoms with Crippen LogP contribution in [0.1, 0.15) is 11.3 Å². The average molecular weight is 261 g/mol. The summed E-state index contributed by atoms with van der Waals surface area (Å²) in [6, 6.07) is 4.51. The van der Waals surface area contributed by atoms with E-state index in [1.165, 1.54) is 12.1 Å². The normalized spacial score (nSPS) is 11.1. The fourth-order valence-corrected chi connectivity index (χ4v) is 1.58. The summed E-state index contributed by atoms with van der Waals surface area (Å²) in [7, 11) is 0. The maximum Gasteiger partial charge on any atom is 0.291 e. The van der Waals surface area contributed by atoms with Crippen LogP contribution < -0.4 is 5.56 Å². The van der Waals surface area contributed by atoms with E-state index in [1.54, 1.807) is 19.9 Å². The van der Waals surface area contributed by atoms with Gasteiger partial charge < -0.3 is 5.10 Å². The van der Waals surface area contributed by atoms with E-state index in [4.69, 9.17) is 0 Å². The first-order valence-electron chi connectivity index (χ1n) is 5.43. The quantitative estimate of drug-likeness (QED) is 0.502. The molecule has 0 aliphatic carbocycles. The molecule has 98 valence electrons. The molecular formula is C11H11N5O3. The molecular weight excluding hydrogens is 250 g/mol. The van der Waals surface area contributed by atoms with Crippen LogP contribution in [0, 0.1) is 24.0 Å². The van der Waals surface area contributed by atoms with Crippen molar-refractivity contribution in [3.05, 3.63) is 49.9 Å². The predicted molar refractivity (Wildman–Crippen MR) is 68.2 cm³/mol. The number of hydrogen-bond acceptors (Lipinski definition) is 5. The van der Waals surface area contributed by atoms with E-state index < -0.39 is 4.92 Å². The Bertz CT molecular complexity index is 713. The molecule has 0 atom stereocenters. The summed E-state index contributed by atoms with van der Waals surface area (Å²) in [4.78, 5) is 21.7. The number of nitrogens with one attached hydrogen (secondary N) is 2. The fraction of sp³-hybridized carbons (Fsp3) is 0.182. The van der Waals surface area contributed by atoms with Gasteiger partial charge in [0.2, 0.25) is 0 Å². The van der Waals surface area contributed by atoms with Gasteiger partial charge >= 0.3 is 0 Å². The highest BCUT2D eigenvalue weighted by Crippen LogP contribution is 2.28. The Morgan fingerprint density at radius 1 is 1.21 bits per heavy atom. The maximum atomic E-state index is 11.4. The zero-order chi connectivity index (χ0) is 14.0. The Labute approximate surface area is 107 Å². The summed E-state index contributed by atoms with van der Waals surface area (Å²) in [5.74, 6) is 0. The number of nitrogens with zero attached hydrogens (tertiary/aromatic N) is 3. The largest absolute Gasteiger partial charge is 0.300 e. The second kappa shape index (κ2) is 4.84. The van der Waals surface area contributed by atoms with Gasteiger partial charge in [-0.2, -0.15) is 0 Å². The number of nitro groups is 1. The first-order chi connectivity index (χ1) is 9.00. The molecule has 8 heteroatoms. The van der Waals surface area contributed by atoms with Crippen molar-refractivity contribution in [3.8, 4) is 0 Å². The second-order valence-electron chi connectivity index (χ2n) is 3.93. The molecule has 0 saturated carbocycles. The molecule has 0 fully saturated rings. The second-order valence-corrected chi connectivity index (χ2v) is 3.93. The molecule has 2 rings (SSSR count). The van der Waals surface area contributed by atoms with Crippen molar-refractivity contribution < 1.29 is 4.92 Å². The first kappa shape index (κ1) is 12.7. The molecule has 0 bridgehead atoms. The van der Waals surface area contributed by atoms with Gasteiger partial charge in [-0.25, -0.2) is 0 Å². The standard InChI is InChI=1S/C11H11N5O3/c1-6-8(4-3-5-9(6)16(18)19)13-14-10-7(2)12-15-11(10)17/h3-5H,1-2H3,(H2,12,15,17). The lowest BCUT2D eigenvalue weighted by molar-refractivity contribution is -0.385. The zero-order valence-electron chi connectivity index (χ0n) is 10.3. The van der Waals surface area contributed by atoms with Crippen LogP contribution >= 0.6 is 0 Å². The topological polar surface area (TPSA) is 117 Å². The van der Waals surface area contributed by atoms with Gasteiger partial charge in [-0.05, 0) is 19.9 Å². The summed E-state index contributed by atoms with van der Waals surface area (Å²) >= 11 is 0. The Balaban J connectivity index is 2.42. The molecule has 0 unspecified atom stereocenters. The Morgan fingerprint density at radius 2 is 1.95 bits per heavy atom. The first-order valence-corrected chi connectivity index (χ1v) is 5.43. The van der Waals surface area contributed by atoms with Crippen LogP contribution in [0.2, 0.25) is 0 Å². The van der Waals surface area contributed by atoms with E-state index in [0.717, 1.165) is 0 Å². The third-order valence-corrected chi connectivity index (χ3v) is 2.66. The van der Waals surface area contributed by atoms with E-state index in [-0.39, 0.29) is 16.9 Å². The fourth-order valence-electron chi connectivity index (χ4n) is 1.58. The highest BCUT2D eigenvalue weighted by atomic mass is 16.6. The van der Waals surface area contributed by atoms with Gasteiger partial charge in [0, 0.05) is 6.07 Å². The van der Waals surface area contributed by atoms with E-state index in [2.05, 4.69) is 20.4 Å². The lowest BCUT2D eigenvalue weighted by Gasteiger charge is -1.99. The molecule has 1 aromatic heterocycles. The smallest absolute Gasteiger partial charge is 0.291 e. The van der Waals surface area contributed by atoms with Crippen molar-refractivity contribution in [1.29, 1.82) is 0 Å². The molecule has 0 aliphatic rings. The van der Waals surface area contributed by atoms with Crippen molar-refractivity contribution in [2.75, 3.05) is 0 Å². The van der Waals surface area contributed by atoms with Crippen molar-refractivity contribution in [2.45, 2.75) is 13.8 Å². The van der Waals surface area contributed by atoms with Gasteiger partial charge in [0.15, 0.2) is 5.69 Å². The minimum Gasteiger partial charge on any atom is -0.300 e. The zero-order valence-corrected chi connectivity index (χ0v) is 10.3. The maximum absolute atomic E-state index is 11.4. The molecule has 0 aliphatic heterocycles. The van der Waals surface area contributed by atoms with E-state index in [9.17, 15) is 14.9 Å². The summed E-state index contributed by atoms with van der Waals surface area (Å²) in [6.45, 7) is 3.26. The van der Waals surface area contributed by atoms with Crippen LogP contribution in [0.3, 0.4) is 0 Å². The third-order valence-electron chi connectivity index (χ3n) is 2.66. The minimum absolute atomic E-state index is 0.0313. The Morgan fingerprint density at radius 3 is 2.53 bits per heavy atom. The van der Waals surface area contributed by atoms with Gasteiger partial charge in [0.05, 0.1) is 21.9 Å². The van der Waals surface area contributed by atoms with Crippen molar-refractivity contribution in [1.82, 2.24) is 10.2 Å². The third kappa shape index (κ3) is 2.41. The van der Waals surface area contributed by atoms with Crippen molar-refractivity contribution in [2.24, 2.45) is 10.2 Å². The highest BCUT2D eigenvalue weighted by Gasteiger charge is 2.13. The minimum atomic E-state index is -0.483. The molecule has 0 amide bonds. The number of aryl methyl sites for hydroxylation is 1. The highest BCUT2D eigenvalue weighted by molar-refractivity contribution is 5.56. The average Bonchev–Trinajstić information content (AvgIpc) is 2.68. The van der Waals surface area contributed by atoms with Crippen LogP contribution in [0.15, 0.2) is 33.2 Å². The molecule has 1 heterocycles. The molecule has 8 nitrogen and oxygen atoms in total. The Kier molecular flexibility index (Phi) is 3.23. The van der Waals surface area contributed by atoms with Gasteiger partial charge in [-0.3, -0.25) is 20.0 Å². The number of nitro benzene ring substituents is 1. The van der Waals surface area contributed by atoms with E-state index in [0.29, 0.717) is 16.9 Å². The van der Waals surface area contributed by atoms with Crippen molar-refractivity contribution >= 4 is 17.1 Å². The summed E-state index contributed by atoms with van der Waals surface area (Å²) in [6.07, 6.45) is 0.